The Morgan fingerprint density at radius 1 is 1.48 bits per heavy atom. The van der Waals surface area contributed by atoms with Gasteiger partial charge in [-0.3, -0.25) is 0 Å². The van der Waals surface area contributed by atoms with Crippen molar-refractivity contribution < 1.29 is 22.7 Å². The van der Waals surface area contributed by atoms with Gasteiger partial charge in [0, 0.05) is 31.3 Å². The number of halogens is 1. The fraction of sp³-hybridized carbons (Fsp3) is 0.500. The Morgan fingerprint density at radius 3 is 2.70 bits per heavy atom. The van der Waals surface area contributed by atoms with E-state index in [-0.39, 0.29) is 42.6 Å². The summed E-state index contributed by atoms with van der Waals surface area (Å²) in [6.07, 6.45) is 1.98. The Labute approximate surface area is 134 Å². The van der Waals surface area contributed by atoms with E-state index in [0.717, 1.165) is 0 Å². The van der Waals surface area contributed by atoms with E-state index in [0.29, 0.717) is 19.2 Å². The number of aromatic nitrogens is 1. The molecule has 0 aromatic carbocycles. The number of pyridine rings is 1. The molecule has 2 rings (SSSR count). The van der Waals surface area contributed by atoms with Gasteiger partial charge in [0.15, 0.2) is 0 Å². The summed E-state index contributed by atoms with van der Waals surface area (Å²) >= 11 is 0. The number of nitrogens with two attached hydrogens (primary N) is 1. The zero-order valence-electron chi connectivity index (χ0n) is 12.6. The molecule has 3 N–H and O–H groups in total. The highest BCUT2D eigenvalue weighted by molar-refractivity contribution is 7.89. The van der Waals surface area contributed by atoms with Crippen molar-refractivity contribution in [2.75, 3.05) is 26.2 Å². The number of hydrogen-bond acceptors (Lipinski definition) is 6. The number of hydrogen-bond donors (Lipinski definition) is 2. The van der Waals surface area contributed by atoms with Crippen molar-refractivity contribution in [3.05, 3.63) is 30.2 Å². The Hall–Kier alpha value is -1.55. The van der Waals surface area contributed by atoms with Crippen molar-refractivity contribution in [1.29, 1.82) is 0 Å². The van der Waals surface area contributed by atoms with Crippen LogP contribution in [0.1, 0.15) is 12.8 Å². The molecule has 1 aliphatic rings. The van der Waals surface area contributed by atoms with Crippen LogP contribution in [-0.4, -0.2) is 55.2 Å². The van der Waals surface area contributed by atoms with Crippen molar-refractivity contribution in [2.24, 2.45) is 5.73 Å². The normalized spacial score (nSPS) is 18.1. The first-order chi connectivity index (χ1) is 11.0. The second kappa shape index (κ2) is 7.82. The van der Waals surface area contributed by atoms with Gasteiger partial charge in [0.05, 0.1) is 18.6 Å². The first-order valence-electron chi connectivity index (χ1n) is 7.22. The lowest BCUT2D eigenvalue weighted by atomic mass is 10.1. The summed E-state index contributed by atoms with van der Waals surface area (Å²) in [4.78, 5) is 3.98. The summed E-state index contributed by atoms with van der Waals surface area (Å²) in [5.74, 6) is 0.186. The highest BCUT2D eigenvalue weighted by Crippen LogP contribution is 2.21. The number of aliphatic hydroxyl groups is 1. The third-order valence-electron chi connectivity index (χ3n) is 3.59. The summed E-state index contributed by atoms with van der Waals surface area (Å²) in [7, 11) is -3.63. The monoisotopic (exact) mass is 345 g/mol. The van der Waals surface area contributed by atoms with Crippen LogP contribution in [0.4, 0.5) is 4.39 Å². The minimum absolute atomic E-state index is 0.0315. The molecule has 0 amide bonds. The maximum atomic E-state index is 12.5. The molecule has 1 fully saturated rings. The zero-order valence-corrected chi connectivity index (χ0v) is 13.4. The van der Waals surface area contributed by atoms with Crippen LogP contribution >= 0.6 is 0 Å². The molecule has 1 saturated heterocycles. The van der Waals surface area contributed by atoms with E-state index in [1.54, 1.807) is 0 Å². The van der Waals surface area contributed by atoms with Gasteiger partial charge in [-0.25, -0.2) is 17.8 Å². The number of nitrogens with zero attached hydrogens (tertiary/aromatic N) is 2. The lowest BCUT2D eigenvalue weighted by molar-refractivity contribution is 0.113. The van der Waals surface area contributed by atoms with Gasteiger partial charge in [0.25, 0.3) is 0 Å². The van der Waals surface area contributed by atoms with Gasteiger partial charge in [-0.05, 0) is 18.9 Å². The van der Waals surface area contributed by atoms with E-state index in [4.69, 9.17) is 10.5 Å². The summed E-state index contributed by atoms with van der Waals surface area (Å²) in [5, 5.41) is 9.45. The zero-order chi connectivity index (χ0) is 16.9. The summed E-state index contributed by atoms with van der Waals surface area (Å²) in [6, 6.07) is 2.81. The largest absolute Gasteiger partial charge is 0.473 e. The Morgan fingerprint density at radius 2 is 2.17 bits per heavy atom. The van der Waals surface area contributed by atoms with E-state index in [1.165, 1.54) is 22.6 Å². The maximum absolute atomic E-state index is 12.5. The molecule has 0 saturated carbocycles. The Kier molecular flexibility index (Phi) is 6.05. The van der Waals surface area contributed by atoms with Crippen molar-refractivity contribution in [3.8, 4) is 5.88 Å². The molecule has 0 atom stereocenters. The predicted molar refractivity (Wildman–Crippen MR) is 82.0 cm³/mol. The van der Waals surface area contributed by atoms with Gasteiger partial charge < -0.3 is 15.6 Å². The molecule has 0 aliphatic carbocycles. The van der Waals surface area contributed by atoms with E-state index < -0.39 is 16.1 Å². The third-order valence-corrected chi connectivity index (χ3v) is 5.47. The fourth-order valence-corrected chi connectivity index (χ4v) is 3.55. The average Bonchev–Trinajstić information content (AvgIpc) is 2.56. The number of ether oxygens (including phenoxy) is 1. The molecule has 7 nitrogen and oxygen atoms in total. The van der Waals surface area contributed by atoms with E-state index >= 15 is 0 Å². The molecule has 23 heavy (non-hydrogen) atoms. The smallest absolute Gasteiger partial charge is 0.244 e. The molecule has 0 unspecified atom stereocenters. The summed E-state index contributed by atoms with van der Waals surface area (Å²) in [5.41, 5.74) is 5.58. The first-order valence-corrected chi connectivity index (χ1v) is 8.66. The van der Waals surface area contributed by atoms with E-state index in [9.17, 15) is 17.9 Å². The minimum atomic E-state index is -3.63. The van der Waals surface area contributed by atoms with Crippen LogP contribution in [-0.2, 0) is 10.0 Å². The minimum Gasteiger partial charge on any atom is -0.473 e. The lowest BCUT2D eigenvalue weighted by Crippen LogP contribution is -2.40. The lowest BCUT2D eigenvalue weighted by Gasteiger charge is -2.28. The molecule has 1 aromatic rings. The van der Waals surface area contributed by atoms with Crippen LogP contribution < -0.4 is 10.5 Å². The first kappa shape index (κ1) is 17.8. The predicted octanol–water partition coefficient (Wildman–Crippen LogP) is 0.418. The topological polar surface area (TPSA) is 106 Å². The van der Waals surface area contributed by atoms with Gasteiger partial charge >= 0.3 is 0 Å². The highest BCUT2D eigenvalue weighted by Gasteiger charge is 2.28. The summed E-state index contributed by atoms with van der Waals surface area (Å²) in [6.45, 7) is 0.547. The van der Waals surface area contributed by atoms with Crippen LogP contribution in [0.15, 0.2) is 35.1 Å². The van der Waals surface area contributed by atoms with Crippen LogP contribution in [0.2, 0.25) is 0 Å². The van der Waals surface area contributed by atoms with E-state index in [2.05, 4.69) is 4.98 Å². The van der Waals surface area contributed by atoms with Crippen LogP contribution in [0.5, 0.6) is 5.88 Å². The van der Waals surface area contributed by atoms with Crippen molar-refractivity contribution in [3.63, 3.8) is 0 Å². The Bertz CT molecular complexity index is 640. The molecule has 128 valence electrons. The fourth-order valence-electron chi connectivity index (χ4n) is 2.14. The molecule has 0 bridgehead atoms. The maximum Gasteiger partial charge on any atom is 0.244 e. The molecular weight excluding hydrogens is 325 g/mol. The highest BCUT2D eigenvalue weighted by atomic mass is 32.2. The molecular formula is C14H20FN3O4S. The van der Waals surface area contributed by atoms with Crippen molar-refractivity contribution in [2.45, 2.75) is 23.8 Å². The molecule has 1 aromatic heterocycles. The molecule has 2 heterocycles. The van der Waals surface area contributed by atoms with E-state index in [1.807, 2.05) is 0 Å². The average molecular weight is 345 g/mol. The number of rotatable bonds is 6. The van der Waals surface area contributed by atoms with Crippen LogP contribution in [0.25, 0.3) is 0 Å². The number of sulfonamides is 1. The third kappa shape index (κ3) is 4.47. The molecule has 0 radical (unpaired) electrons. The van der Waals surface area contributed by atoms with Crippen molar-refractivity contribution in [1.82, 2.24) is 9.29 Å². The number of aliphatic hydroxyl groups excluding tert-OH is 1. The van der Waals surface area contributed by atoms with Gasteiger partial charge in [-0.15, -0.1) is 0 Å². The van der Waals surface area contributed by atoms with Crippen LogP contribution in [0.3, 0.4) is 0 Å². The molecule has 9 heteroatoms. The van der Waals surface area contributed by atoms with Crippen molar-refractivity contribution >= 4 is 10.0 Å². The van der Waals surface area contributed by atoms with Gasteiger partial charge in [-0.1, -0.05) is 0 Å². The SMILES string of the molecule is NC/C(=C\F)COc1ccc(S(=O)(=O)N2CCC(O)CC2)cn1. The second-order valence-corrected chi connectivity index (χ2v) is 7.17. The second-order valence-electron chi connectivity index (χ2n) is 5.23. The standard InChI is InChI=1S/C14H20FN3O4S/c15-7-11(8-16)10-22-14-2-1-13(9-17-14)23(20,21)18-5-3-12(19)4-6-18/h1-2,7,9,12,19H,3-6,8,10,16H2/b11-7+. The van der Waals surface area contributed by atoms with Gasteiger partial charge in [0.2, 0.25) is 15.9 Å². The van der Waals surface area contributed by atoms with Gasteiger partial charge in [-0.2, -0.15) is 4.31 Å². The number of piperidine rings is 1. The molecule has 0 spiro atoms. The van der Waals surface area contributed by atoms with Gasteiger partial charge in [0.1, 0.15) is 11.5 Å². The molecule has 1 aliphatic heterocycles. The summed E-state index contributed by atoms with van der Waals surface area (Å²) < 4.78 is 43.8. The van der Waals surface area contributed by atoms with Crippen LogP contribution in [0, 0.1) is 0 Å². The Balaban J connectivity index is 2.03. The quantitative estimate of drug-likeness (QED) is 0.774.